The summed E-state index contributed by atoms with van der Waals surface area (Å²) >= 11 is 1.71. The molecule has 0 aromatic carbocycles. The van der Waals surface area contributed by atoms with Crippen LogP contribution in [-0.2, 0) is 17.6 Å². The summed E-state index contributed by atoms with van der Waals surface area (Å²) in [7, 11) is 0. The molecule has 16 heavy (non-hydrogen) atoms. The summed E-state index contributed by atoms with van der Waals surface area (Å²) < 4.78 is 5.54. The monoisotopic (exact) mass is 241 g/mol. The molecular weight excluding hydrogens is 222 g/mol. The van der Waals surface area contributed by atoms with Crippen molar-refractivity contribution < 1.29 is 4.74 Å². The molecule has 0 radical (unpaired) electrons. The largest absolute Gasteiger partial charge is 0.378 e. The van der Waals surface area contributed by atoms with Crippen LogP contribution in [0.5, 0.6) is 0 Å². The Morgan fingerprint density at radius 3 is 2.81 bits per heavy atom. The summed E-state index contributed by atoms with van der Waals surface area (Å²) in [5.41, 5.74) is 5.48. The molecule has 0 atom stereocenters. The predicted molar refractivity (Wildman–Crippen MR) is 64.5 cm³/mol. The van der Waals surface area contributed by atoms with E-state index in [2.05, 4.69) is 17.1 Å². The Hall–Kier alpha value is -0.520. The maximum Gasteiger partial charge on any atom is 0.118 e. The first kappa shape index (κ1) is 12.0. The fourth-order valence-corrected chi connectivity index (χ4v) is 3.03. The third kappa shape index (κ3) is 2.99. The summed E-state index contributed by atoms with van der Waals surface area (Å²) in [5.74, 6) is 0.746. The smallest absolute Gasteiger partial charge is 0.118 e. The average Bonchev–Trinajstić information content (AvgIpc) is 2.63. The van der Waals surface area contributed by atoms with Gasteiger partial charge in [-0.3, -0.25) is 0 Å². The van der Waals surface area contributed by atoms with Crippen LogP contribution in [0.25, 0.3) is 0 Å². The molecule has 4 nitrogen and oxygen atoms in total. The van der Waals surface area contributed by atoms with Gasteiger partial charge in [0.1, 0.15) is 10.0 Å². The van der Waals surface area contributed by atoms with Gasteiger partial charge in [0.2, 0.25) is 0 Å². The predicted octanol–water partition coefficient (Wildman–Crippen LogP) is 1.40. The zero-order valence-corrected chi connectivity index (χ0v) is 10.5. The minimum Gasteiger partial charge on any atom is -0.378 e. The number of hydrogen-bond donors (Lipinski definition) is 1. The van der Waals surface area contributed by atoms with Gasteiger partial charge in [0.05, 0.1) is 6.10 Å². The summed E-state index contributed by atoms with van der Waals surface area (Å²) in [6.45, 7) is 3.54. The first-order valence-corrected chi connectivity index (χ1v) is 6.76. The van der Waals surface area contributed by atoms with E-state index in [9.17, 15) is 0 Å². The topological polar surface area (TPSA) is 61.0 Å². The van der Waals surface area contributed by atoms with Crippen LogP contribution in [0.2, 0.25) is 0 Å². The molecule has 0 bridgehead atoms. The Labute approximate surface area is 100 Å². The van der Waals surface area contributed by atoms with Crippen molar-refractivity contribution in [3.05, 3.63) is 10.0 Å². The molecule has 2 rings (SSSR count). The lowest BCUT2D eigenvalue weighted by Gasteiger charge is -2.34. The normalized spacial score (nSPS) is 24.4. The summed E-state index contributed by atoms with van der Waals surface area (Å²) in [6.07, 6.45) is 4.76. The van der Waals surface area contributed by atoms with Gasteiger partial charge in [0, 0.05) is 19.4 Å². The Bertz CT molecular complexity index is 323. The van der Waals surface area contributed by atoms with E-state index in [0.29, 0.717) is 12.6 Å². The SMILES string of the molecule is CCOC1CC(Cc2nnc(CCN)s2)C1. The first-order chi connectivity index (χ1) is 7.81. The van der Waals surface area contributed by atoms with Gasteiger partial charge in [-0.15, -0.1) is 21.5 Å². The highest BCUT2D eigenvalue weighted by atomic mass is 32.1. The fourth-order valence-electron chi connectivity index (χ4n) is 2.06. The van der Waals surface area contributed by atoms with Gasteiger partial charge in [-0.05, 0) is 32.2 Å². The van der Waals surface area contributed by atoms with E-state index in [1.54, 1.807) is 11.3 Å². The van der Waals surface area contributed by atoms with Crippen molar-refractivity contribution >= 4 is 11.3 Å². The van der Waals surface area contributed by atoms with Crippen molar-refractivity contribution in [3.8, 4) is 0 Å². The number of nitrogens with two attached hydrogens (primary N) is 1. The quantitative estimate of drug-likeness (QED) is 0.817. The second-order valence-electron chi connectivity index (χ2n) is 4.25. The molecule has 1 aliphatic carbocycles. The number of aromatic nitrogens is 2. The molecule has 1 aromatic rings. The van der Waals surface area contributed by atoms with E-state index in [4.69, 9.17) is 10.5 Å². The Balaban J connectivity index is 1.73. The molecule has 90 valence electrons. The van der Waals surface area contributed by atoms with Gasteiger partial charge < -0.3 is 10.5 Å². The number of nitrogens with zero attached hydrogens (tertiary/aromatic N) is 2. The van der Waals surface area contributed by atoms with Crippen molar-refractivity contribution in [2.45, 2.75) is 38.7 Å². The van der Waals surface area contributed by atoms with Crippen molar-refractivity contribution in [1.29, 1.82) is 0 Å². The van der Waals surface area contributed by atoms with E-state index in [1.165, 1.54) is 12.8 Å². The van der Waals surface area contributed by atoms with Crippen molar-refractivity contribution in [2.24, 2.45) is 11.7 Å². The highest BCUT2D eigenvalue weighted by Gasteiger charge is 2.30. The average molecular weight is 241 g/mol. The molecule has 2 N–H and O–H groups in total. The third-order valence-corrected chi connectivity index (χ3v) is 3.93. The van der Waals surface area contributed by atoms with Gasteiger partial charge in [-0.1, -0.05) is 0 Å². The third-order valence-electron chi connectivity index (χ3n) is 2.93. The summed E-state index contributed by atoms with van der Waals surface area (Å²) in [6, 6.07) is 0. The highest BCUT2D eigenvalue weighted by molar-refractivity contribution is 7.11. The highest BCUT2D eigenvalue weighted by Crippen LogP contribution is 2.33. The molecule has 0 aliphatic heterocycles. The fraction of sp³-hybridized carbons (Fsp3) is 0.818. The van der Waals surface area contributed by atoms with Crippen LogP contribution in [-0.4, -0.2) is 29.5 Å². The Kier molecular flexibility index (Phi) is 4.26. The molecule has 0 amide bonds. The van der Waals surface area contributed by atoms with E-state index < -0.39 is 0 Å². The van der Waals surface area contributed by atoms with E-state index in [1.807, 2.05) is 0 Å². The maximum absolute atomic E-state index is 5.54. The number of ether oxygens (including phenoxy) is 1. The molecule has 0 spiro atoms. The van der Waals surface area contributed by atoms with E-state index >= 15 is 0 Å². The molecule has 1 aliphatic rings. The molecule has 0 saturated heterocycles. The first-order valence-electron chi connectivity index (χ1n) is 5.94. The van der Waals surface area contributed by atoms with Gasteiger partial charge in [-0.2, -0.15) is 0 Å². The molecule has 1 saturated carbocycles. The van der Waals surface area contributed by atoms with Crippen LogP contribution < -0.4 is 5.73 Å². The maximum atomic E-state index is 5.54. The van der Waals surface area contributed by atoms with Crippen LogP contribution in [0.1, 0.15) is 29.8 Å². The molecule has 1 heterocycles. The van der Waals surface area contributed by atoms with Crippen molar-refractivity contribution in [2.75, 3.05) is 13.2 Å². The van der Waals surface area contributed by atoms with Crippen LogP contribution in [0, 0.1) is 5.92 Å². The molecule has 0 unspecified atom stereocenters. The minimum absolute atomic E-state index is 0.492. The van der Waals surface area contributed by atoms with Gasteiger partial charge in [-0.25, -0.2) is 0 Å². The zero-order chi connectivity index (χ0) is 11.4. The summed E-state index contributed by atoms with van der Waals surface area (Å²) in [5, 5.41) is 10.6. The van der Waals surface area contributed by atoms with Crippen molar-refractivity contribution in [1.82, 2.24) is 10.2 Å². The zero-order valence-electron chi connectivity index (χ0n) is 9.69. The van der Waals surface area contributed by atoms with Crippen LogP contribution in [0.3, 0.4) is 0 Å². The second-order valence-corrected chi connectivity index (χ2v) is 5.39. The van der Waals surface area contributed by atoms with Gasteiger partial charge >= 0.3 is 0 Å². The van der Waals surface area contributed by atoms with Crippen LogP contribution >= 0.6 is 11.3 Å². The van der Waals surface area contributed by atoms with E-state index in [-0.39, 0.29) is 0 Å². The van der Waals surface area contributed by atoms with Gasteiger partial charge in [0.25, 0.3) is 0 Å². The van der Waals surface area contributed by atoms with Crippen LogP contribution in [0.4, 0.5) is 0 Å². The molecule has 1 aromatic heterocycles. The van der Waals surface area contributed by atoms with Crippen molar-refractivity contribution in [3.63, 3.8) is 0 Å². The molecule has 5 heteroatoms. The lowest BCUT2D eigenvalue weighted by Crippen LogP contribution is -2.32. The van der Waals surface area contributed by atoms with Crippen LogP contribution in [0.15, 0.2) is 0 Å². The Morgan fingerprint density at radius 2 is 2.12 bits per heavy atom. The number of hydrogen-bond acceptors (Lipinski definition) is 5. The standard InChI is InChI=1S/C11H19N3OS/c1-2-15-9-5-8(6-9)7-11-14-13-10(16-11)3-4-12/h8-9H,2-7,12H2,1H3. The lowest BCUT2D eigenvalue weighted by molar-refractivity contribution is -0.0240. The second kappa shape index (κ2) is 5.70. The minimum atomic E-state index is 0.492. The molecule has 1 fully saturated rings. The molecular formula is C11H19N3OS. The number of rotatable bonds is 6. The lowest BCUT2D eigenvalue weighted by atomic mass is 9.80. The summed E-state index contributed by atoms with van der Waals surface area (Å²) in [4.78, 5) is 0. The van der Waals surface area contributed by atoms with E-state index in [0.717, 1.165) is 35.4 Å². The van der Waals surface area contributed by atoms with Gasteiger partial charge in [0.15, 0.2) is 0 Å². The Morgan fingerprint density at radius 1 is 1.38 bits per heavy atom.